The van der Waals surface area contributed by atoms with E-state index in [9.17, 15) is 0 Å². The number of hydrogen-bond acceptors (Lipinski definition) is 1. The topological polar surface area (TPSA) is 280 Å². The van der Waals surface area contributed by atoms with Crippen molar-refractivity contribution in [2.24, 2.45) is 70.1 Å². The number of hydrogen-bond donors (Lipinski definition) is 8. The third kappa shape index (κ3) is 9.25. The van der Waals surface area contributed by atoms with Crippen LogP contribution in [0.1, 0.15) is 6.92 Å². The molecule has 0 radical (unpaired) electrons. The van der Waals surface area contributed by atoms with E-state index in [1.165, 1.54) is 6.92 Å². The predicted molar refractivity (Wildman–Crippen MR) is 87.3 cm³/mol. The molecule has 0 saturated carbocycles. The van der Waals surface area contributed by atoms with Gasteiger partial charge in [-0.15, -0.1) is 0 Å². The second-order valence-corrected chi connectivity index (χ2v) is 3.51. The molecular weight excluding hydrogens is 292 g/mol. The highest BCUT2D eigenvalue weighted by Crippen LogP contribution is 1.92. The molecule has 0 heterocycles. The lowest BCUT2D eigenvalue weighted by Gasteiger charge is -1.98. The fraction of sp³-hybridized carbons (Fsp3) is 0.125. The normalized spacial score (nSPS) is 11.1. The van der Waals surface area contributed by atoms with Crippen LogP contribution < -0.4 is 40.1 Å². The second kappa shape index (κ2) is 8.46. The molecule has 0 atom stereocenters. The lowest BCUT2D eigenvalue weighted by molar-refractivity contribution is 1.30. The second-order valence-electron chi connectivity index (χ2n) is 3.51. The van der Waals surface area contributed by atoms with Crippen molar-refractivity contribution in [3.8, 4) is 0 Å². The first-order valence-corrected chi connectivity index (χ1v) is 5.45. The number of amidine groups is 1. The minimum Gasteiger partial charge on any atom is -0.387 e. The van der Waals surface area contributed by atoms with E-state index in [2.05, 4.69) is 30.0 Å². The average Bonchev–Trinajstić information content (AvgIpc) is 2.23. The smallest absolute Gasteiger partial charge is 0.259 e. The lowest BCUT2D eigenvalue weighted by Crippen LogP contribution is -2.27. The zero-order chi connectivity index (χ0) is 17.3. The molecule has 0 aromatic heterocycles. The van der Waals surface area contributed by atoms with Crippen molar-refractivity contribution >= 4 is 41.6 Å². The summed E-state index contributed by atoms with van der Waals surface area (Å²) >= 11 is 0. The molecule has 22 heavy (non-hydrogen) atoms. The number of nitrogens with one attached hydrogen (secondary N) is 1. The molecule has 0 rings (SSSR count). The van der Waals surface area contributed by atoms with Crippen molar-refractivity contribution in [2.75, 3.05) is 0 Å². The van der Waals surface area contributed by atoms with Gasteiger partial charge in [-0.1, -0.05) is 0 Å². The summed E-state index contributed by atoms with van der Waals surface area (Å²) in [6.07, 6.45) is 0. The average molecular weight is 310 g/mol. The van der Waals surface area contributed by atoms with Crippen molar-refractivity contribution in [1.82, 2.24) is 0 Å². The lowest BCUT2D eigenvalue weighted by atomic mass is 10.7. The minimum atomic E-state index is -0.630. The Morgan fingerprint density at radius 3 is 1.18 bits per heavy atom. The van der Waals surface area contributed by atoms with Crippen LogP contribution in [0.5, 0.6) is 0 Å². The van der Waals surface area contributed by atoms with Gasteiger partial charge in [0.1, 0.15) is 0 Å². The maximum absolute atomic E-state index is 7.59. The maximum Gasteiger partial charge on any atom is 0.259 e. The largest absolute Gasteiger partial charge is 0.387 e. The Hall–Kier alpha value is -3.71. The van der Waals surface area contributed by atoms with Gasteiger partial charge in [0, 0.05) is 0 Å². The summed E-state index contributed by atoms with van der Waals surface area (Å²) in [6.45, 7) is 1.47. The van der Waals surface area contributed by atoms with Gasteiger partial charge in [-0.2, -0.15) is 30.0 Å². The van der Waals surface area contributed by atoms with Gasteiger partial charge in [0.15, 0.2) is 17.9 Å². The van der Waals surface area contributed by atoms with Gasteiger partial charge < -0.3 is 40.1 Å². The highest BCUT2D eigenvalue weighted by molar-refractivity contribution is 6.08. The molecular formula is C8H18N14. The van der Waals surface area contributed by atoms with Crippen molar-refractivity contribution in [3.05, 3.63) is 0 Å². The number of aliphatic imine (C=N–C) groups is 6. The summed E-state index contributed by atoms with van der Waals surface area (Å²) in [5.74, 6) is -2.31. The van der Waals surface area contributed by atoms with E-state index in [4.69, 9.17) is 45.5 Å². The van der Waals surface area contributed by atoms with Crippen molar-refractivity contribution < 1.29 is 0 Å². The molecule has 120 valence electrons. The first-order chi connectivity index (χ1) is 10.1. The molecule has 0 bridgehead atoms. The van der Waals surface area contributed by atoms with Crippen molar-refractivity contribution in [1.29, 1.82) is 5.41 Å². The van der Waals surface area contributed by atoms with Crippen LogP contribution in [0.3, 0.4) is 0 Å². The van der Waals surface area contributed by atoms with Crippen molar-refractivity contribution in [3.63, 3.8) is 0 Å². The fourth-order valence-corrected chi connectivity index (χ4v) is 0.869. The van der Waals surface area contributed by atoms with Crippen LogP contribution in [-0.4, -0.2) is 41.6 Å². The highest BCUT2D eigenvalue weighted by atomic mass is 15.2. The maximum atomic E-state index is 7.59. The predicted octanol–water partition coefficient (Wildman–Crippen LogP) is -4.17. The summed E-state index contributed by atoms with van der Waals surface area (Å²) in [6, 6.07) is 0. The number of rotatable bonds is 0. The summed E-state index contributed by atoms with van der Waals surface area (Å²) in [4.78, 5) is 21.4. The van der Waals surface area contributed by atoms with E-state index in [0.29, 0.717) is 0 Å². The molecule has 0 amide bonds. The SMILES string of the molecule is CC(N)=NC(N=C(N)N)=NC(=N)N=C(N=C(N)N)N=C(N)N. The van der Waals surface area contributed by atoms with E-state index >= 15 is 0 Å². The Kier molecular flexibility index (Phi) is 7.03. The fourth-order valence-electron chi connectivity index (χ4n) is 0.869. The molecule has 0 aromatic carbocycles. The molecule has 0 fully saturated rings. The summed E-state index contributed by atoms with van der Waals surface area (Å²) in [7, 11) is 0. The van der Waals surface area contributed by atoms with Gasteiger partial charge in [0.05, 0.1) is 5.84 Å². The molecule has 0 saturated heterocycles. The van der Waals surface area contributed by atoms with Gasteiger partial charge in [0.2, 0.25) is 5.96 Å². The quantitative estimate of drug-likeness (QED) is 0.161. The van der Waals surface area contributed by atoms with Gasteiger partial charge in [-0.05, 0) is 6.92 Å². The molecule has 0 aliphatic rings. The Bertz CT molecular complexity index is 494. The van der Waals surface area contributed by atoms with Crippen LogP contribution in [0.15, 0.2) is 30.0 Å². The first-order valence-electron chi connectivity index (χ1n) is 5.45. The molecule has 0 unspecified atom stereocenters. The monoisotopic (exact) mass is 310 g/mol. The molecule has 14 heteroatoms. The van der Waals surface area contributed by atoms with E-state index in [-0.39, 0.29) is 29.7 Å². The number of nitrogens with zero attached hydrogens (tertiary/aromatic N) is 6. The summed E-state index contributed by atoms with van der Waals surface area (Å²) < 4.78 is 0. The van der Waals surface area contributed by atoms with E-state index in [1.54, 1.807) is 0 Å². The van der Waals surface area contributed by atoms with Gasteiger partial charge >= 0.3 is 0 Å². The first kappa shape index (κ1) is 18.3. The van der Waals surface area contributed by atoms with Crippen LogP contribution in [0.2, 0.25) is 0 Å². The van der Waals surface area contributed by atoms with Crippen molar-refractivity contribution in [2.45, 2.75) is 6.92 Å². The highest BCUT2D eigenvalue weighted by Gasteiger charge is 2.02. The van der Waals surface area contributed by atoms with E-state index in [1.807, 2.05) is 0 Å². The van der Waals surface area contributed by atoms with Gasteiger partial charge in [-0.25, -0.2) is 0 Å². The molecule has 0 aliphatic carbocycles. The third-order valence-electron chi connectivity index (χ3n) is 1.38. The van der Waals surface area contributed by atoms with E-state index < -0.39 is 11.9 Å². The molecule has 0 spiro atoms. The van der Waals surface area contributed by atoms with Gasteiger partial charge in [0.25, 0.3) is 11.9 Å². The zero-order valence-corrected chi connectivity index (χ0v) is 11.7. The Morgan fingerprint density at radius 1 is 0.591 bits per heavy atom. The van der Waals surface area contributed by atoms with Crippen LogP contribution in [0, 0.1) is 5.41 Å². The molecule has 15 N–H and O–H groups in total. The molecule has 0 aromatic rings. The standard InChI is InChI=1S/C8H18N14/c1-2(9)17-7(18-3(10)11)21-6(16)22-8(19-4(12)13)20-5(14)15/h1H3,(H15,9,10,11,12,13,14,15,16,17,18,19,20,21,22). The third-order valence-corrected chi connectivity index (χ3v) is 1.38. The minimum absolute atomic E-state index is 0.106. The van der Waals surface area contributed by atoms with Gasteiger partial charge in [-0.3, -0.25) is 5.41 Å². The van der Waals surface area contributed by atoms with Crippen LogP contribution in [0.4, 0.5) is 0 Å². The number of nitrogens with two attached hydrogens (primary N) is 7. The molecule has 14 nitrogen and oxygen atoms in total. The molecule has 0 aliphatic heterocycles. The summed E-state index contributed by atoms with van der Waals surface area (Å²) in [5, 5.41) is 7.59. The zero-order valence-electron chi connectivity index (χ0n) is 11.7. The van der Waals surface area contributed by atoms with Crippen LogP contribution in [-0.2, 0) is 0 Å². The Morgan fingerprint density at radius 2 is 0.909 bits per heavy atom. The summed E-state index contributed by atoms with van der Waals surface area (Å²) in [5.41, 5.74) is 36.5. The Balaban J connectivity index is 5.69. The van der Waals surface area contributed by atoms with E-state index in [0.717, 1.165) is 0 Å². The van der Waals surface area contributed by atoms with Crippen LogP contribution in [0.25, 0.3) is 0 Å². The van der Waals surface area contributed by atoms with Crippen LogP contribution >= 0.6 is 0 Å². The Labute approximate surface area is 125 Å². The number of guanidine groups is 6.